The fourth-order valence-electron chi connectivity index (χ4n) is 4.91. The van der Waals surface area contributed by atoms with Crippen LogP contribution in [0, 0.1) is 0 Å². The van der Waals surface area contributed by atoms with Crippen LogP contribution in [0.4, 0.5) is 23.1 Å². The molecule has 0 spiro atoms. The number of rotatable bonds is 9. The molecule has 10 heteroatoms. The highest BCUT2D eigenvalue weighted by Crippen LogP contribution is 2.40. The summed E-state index contributed by atoms with van der Waals surface area (Å²) in [7, 11) is 3.34. The van der Waals surface area contributed by atoms with Crippen LogP contribution in [-0.2, 0) is 4.79 Å². The number of nitrogens with two attached hydrogens (primary N) is 1. The average molecular weight is 482 g/mol. The second kappa shape index (κ2) is 10.9. The van der Waals surface area contributed by atoms with E-state index < -0.39 is 0 Å². The zero-order valence-electron chi connectivity index (χ0n) is 20.7. The van der Waals surface area contributed by atoms with Crippen LogP contribution < -0.4 is 30.9 Å². The normalized spacial score (nSPS) is 17.9. The summed E-state index contributed by atoms with van der Waals surface area (Å²) in [5.74, 6) is 1.59. The van der Waals surface area contributed by atoms with Crippen LogP contribution in [0.25, 0.3) is 0 Å². The Kier molecular flexibility index (Phi) is 7.70. The number of amides is 2. The number of ether oxygens (including phenoxy) is 1. The first-order valence-electron chi connectivity index (χ1n) is 12.3. The summed E-state index contributed by atoms with van der Waals surface area (Å²) in [5, 5.41) is 6.08. The summed E-state index contributed by atoms with van der Waals surface area (Å²) < 4.78 is 5.53. The molecule has 2 amide bonds. The van der Waals surface area contributed by atoms with E-state index in [0.29, 0.717) is 54.2 Å². The highest BCUT2D eigenvalue weighted by Gasteiger charge is 2.41. The van der Waals surface area contributed by atoms with Gasteiger partial charge in [0.05, 0.1) is 19.0 Å². The molecule has 4 N–H and O–H groups in total. The lowest BCUT2D eigenvalue weighted by Crippen LogP contribution is -2.55. The van der Waals surface area contributed by atoms with Gasteiger partial charge in [-0.2, -0.15) is 4.98 Å². The predicted octanol–water partition coefficient (Wildman–Crippen LogP) is 2.81. The lowest BCUT2D eigenvalue weighted by molar-refractivity contribution is -0.120. The van der Waals surface area contributed by atoms with Gasteiger partial charge in [0.15, 0.2) is 5.82 Å². The van der Waals surface area contributed by atoms with E-state index >= 15 is 0 Å². The van der Waals surface area contributed by atoms with Gasteiger partial charge in [0.25, 0.3) is 5.91 Å². The number of benzene rings is 1. The van der Waals surface area contributed by atoms with Gasteiger partial charge >= 0.3 is 0 Å². The van der Waals surface area contributed by atoms with Crippen LogP contribution >= 0.6 is 0 Å². The van der Waals surface area contributed by atoms with Crippen molar-refractivity contribution in [1.82, 2.24) is 15.3 Å². The minimum absolute atomic E-state index is 0.0817. The monoisotopic (exact) mass is 481 g/mol. The van der Waals surface area contributed by atoms with Gasteiger partial charge in [-0.05, 0) is 50.4 Å². The summed E-state index contributed by atoms with van der Waals surface area (Å²) >= 11 is 0. The fraction of sp³-hybridized carbons (Fsp3) is 0.520. The number of nitrogens with one attached hydrogen (secondary N) is 2. The van der Waals surface area contributed by atoms with E-state index in [0.717, 1.165) is 37.9 Å². The van der Waals surface area contributed by atoms with Gasteiger partial charge in [-0.3, -0.25) is 9.59 Å². The standard InChI is InChI=1S/C25H35N7O3/c1-4-19-24(34)31(2)20-15-28-25(30-22(20)32(19)17-8-5-6-9-17)29-18-11-10-16(14-21(18)35-3)23(33)27-13-7-12-26/h10-11,14-15,17,19H,4-9,12-13,26H2,1-3H3,(H,27,33)(H,28,29,30)/t19-/m1/s1. The van der Waals surface area contributed by atoms with Crippen LogP contribution in [0.3, 0.4) is 0 Å². The summed E-state index contributed by atoms with van der Waals surface area (Å²) in [6.07, 6.45) is 7.57. The minimum atomic E-state index is -0.232. The Hall–Kier alpha value is -3.40. The van der Waals surface area contributed by atoms with Crippen molar-refractivity contribution in [3.05, 3.63) is 30.0 Å². The first-order chi connectivity index (χ1) is 17.0. The van der Waals surface area contributed by atoms with Crippen molar-refractivity contribution in [2.24, 2.45) is 5.73 Å². The molecule has 1 atom stereocenters. The lowest BCUT2D eigenvalue weighted by atomic mass is 10.0. The number of aromatic nitrogens is 2. The summed E-state index contributed by atoms with van der Waals surface area (Å²) in [4.78, 5) is 38.7. The maximum absolute atomic E-state index is 13.1. The molecule has 1 saturated carbocycles. The zero-order valence-corrected chi connectivity index (χ0v) is 20.7. The van der Waals surface area contributed by atoms with Crippen molar-refractivity contribution in [3.63, 3.8) is 0 Å². The van der Waals surface area contributed by atoms with Gasteiger partial charge in [-0.25, -0.2) is 4.98 Å². The van der Waals surface area contributed by atoms with Crippen molar-refractivity contribution in [1.29, 1.82) is 0 Å². The molecule has 35 heavy (non-hydrogen) atoms. The van der Waals surface area contributed by atoms with Gasteiger partial charge in [-0.15, -0.1) is 0 Å². The number of hydrogen-bond acceptors (Lipinski definition) is 8. The Morgan fingerprint density at radius 2 is 2.06 bits per heavy atom. The molecule has 0 unspecified atom stereocenters. The molecule has 2 aliphatic rings. The molecule has 1 aromatic heterocycles. The van der Waals surface area contributed by atoms with Crippen molar-refractivity contribution in [2.45, 2.75) is 57.5 Å². The van der Waals surface area contributed by atoms with Gasteiger partial charge in [-0.1, -0.05) is 19.8 Å². The number of methoxy groups -OCH3 is 1. The molecule has 1 aromatic carbocycles. The largest absolute Gasteiger partial charge is 0.495 e. The minimum Gasteiger partial charge on any atom is -0.495 e. The summed E-state index contributed by atoms with van der Waals surface area (Å²) in [6, 6.07) is 5.25. The Morgan fingerprint density at radius 3 is 2.74 bits per heavy atom. The van der Waals surface area contributed by atoms with E-state index in [1.165, 1.54) is 0 Å². The third-order valence-electron chi connectivity index (χ3n) is 6.79. The molecule has 10 nitrogen and oxygen atoms in total. The van der Waals surface area contributed by atoms with E-state index in [-0.39, 0.29) is 17.9 Å². The van der Waals surface area contributed by atoms with Crippen LogP contribution in [0.2, 0.25) is 0 Å². The topological polar surface area (TPSA) is 126 Å². The van der Waals surface area contributed by atoms with Gasteiger partial charge in [0, 0.05) is 25.2 Å². The summed E-state index contributed by atoms with van der Waals surface area (Å²) in [5.41, 5.74) is 7.35. The number of hydrogen-bond donors (Lipinski definition) is 3. The molecule has 1 aliphatic carbocycles. The van der Waals surface area contributed by atoms with E-state index in [2.05, 4.69) is 20.5 Å². The maximum Gasteiger partial charge on any atom is 0.251 e. The number of carbonyl (C=O) groups excluding carboxylic acids is 2. The molecule has 1 fully saturated rings. The third kappa shape index (κ3) is 5.02. The number of nitrogens with zero attached hydrogens (tertiary/aromatic N) is 4. The first-order valence-corrected chi connectivity index (χ1v) is 12.3. The Labute approximate surface area is 206 Å². The Morgan fingerprint density at radius 1 is 1.29 bits per heavy atom. The smallest absolute Gasteiger partial charge is 0.251 e. The molecule has 4 rings (SSSR count). The van der Waals surface area contributed by atoms with Gasteiger partial charge in [0.1, 0.15) is 17.5 Å². The second-order valence-electron chi connectivity index (χ2n) is 9.01. The molecule has 188 valence electrons. The third-order valence-corrected chi connectivity index (χ3v) is 6.79. The molecule has 0 bridgehead atoms. The van der Waals surface area contributed by atoms with Gasteiger partial charge < -0.3 is 30.9 Å². The molecule has 2 aromatic rings. The highest BCUT2D eigenvalue weighted by molar-refractivity contribution is 6.04. The van der Waals surface area contributed by atoms with E-state index in [9.17, 15) is 9.59 Å². The highest BCUT2D eigenvalue weighted by atomic mass is 16.5. The zero-order chi connectivity index (χ0) is 24.9. The summed E-state index contributed by atoms with van der Waals surface area (Å²) in [6.45, 7) is 3.09. The maximum atomic E-state index is 13.1. The first kappa shape index (κ1) is 24.7. The quantitative estimate of drug-likeness (QED) is 0.467. The lowest BCUT2D eigenvalue weighted by Gasteiger charge is -2.43. The number of fused-ring (bicyclic) bond motifs is 1. The Balaban J connectivity index is 1.62. The van der Waals surface area contributed by atoms with Crippen LogP contribution in [-0.4, -0.2) is 61.1 Å². The Bertz CT molecular complexity index is 1070. The molecule has 2 heterocycles. The van der Waals surface area contributed by atoms with Crippen molar-refractivity contribution >= 4 is 35.0 Å². The van der Waals surface area contributed by atoms with Crippen molar-refractivity contribution < 1.29 is 14.3 Å². The molecule has 0 radical (unpaired) electrons. The van der Waals surface area contributed by atoms with Crippen LogP contribution in [0.15, 0.2) is 24.4 Å². The fourth-order valence-corrected chi connectivity index (χ4v) is 4.91. The number of anilines is 4. The van der Waals surface area contributed by atoms with Gasteiger partial charge in [0.2, 0.25) is 11.9 Å². The molecular weight excluding hydrogens is 446 g/mol. The second-order valence-corrected chi connectivity index (χ2v) is 9.01. The van der Waals surface area contributed by atoms with E-state index in [1.807, 2.05) is 6.92 Å². The number of carbonyl (C=O) groups is 2. The molecule has 0 saturated heterocycles. The van der Waals surface area contributed by atoms with Crippen molar-refractivity contribution in [3.8, 4) is 5.75 Å². The van der Waals surface area contributed by atoms with Crippen LogP contribution in [0.1, 0.15) is 55.8 Å². The van der Waals surface area contributed by atoms with E-state index in [1.54, 1.807) is 43.5 Å². The van der Waals surface area contributed by atoms with Crippen molar-refractivity contribution in [2.75, 3.05) is 42.4 Å². The SMILES string of the molecule is CC[C@@H]1C(=O)N(C)c2cnc(Nc3ccc(C(=O)NCCCN)cc3OC)nc2N1C1CCCC1. The predicted molar refractivity (Wildman–Crippen MR) is 137 cm³/mol. The molecular formula is C25H35N7O3. The van der Waals surface area contributed by atoms with Crippen LogP contribution in [0.5, 0.6) is 5.75 Å². The average Bonchev–Trinajstić information content (AvgIpc) is 3.40. The number of likely N-dealkylation sites (N-methyl/N-ethyl adjacent to an activating group) is 1. The van der Waals surface area contributed by atoms with E-state index in [4.69, 9.17) is 15.5 Å². The molecule has 1 aliphatic heterocycles.